The zero-order chi connectivity index (χ0) is 12.1. The van der Waals surface area contributed by atoms with Crippen molar-refractivity contribution in [2.75, 3.05) is 31.2 Å². The largest absolute Gasteiger partial charge is 0.324 e. The van der Waals surface area contributed by atoms with Gasteiger partial charge in [-0.15, -0.1) is 11.8 Å². The molecule has 0 unspecified atom stereocenters. The molecule has 0 spiro atoms. The second kappa shape index (κ2) is 6.07. The van der Waals surface area contributed by atoms with Gasteiger partial charge in [-0.1, -0.05) is 12.1 Å². The molecular formula is C13H18N2OS. The van der Waals surface area contributed by atoms with Gasteiger partial charge in [-0.25, -0.2) is 0 Å². The first kappa shape index (κ1) is 12.5. The van der Waals surface area contributed by atoms with Gasteiger partial charge >= 0.3 is 0 Å². The van der Waals surface area contributed by atoms with Crippen LogP contribution in [0.5, 0.6) is 0 Å². The lowest BCUT2D eigenvalue weighted by Gasteiger charge is -2.15. The maximum atomic E-state index is 11.9. The number of thioether (sulfide) groups is 1. The summed E-state index contributed by atoms with van der Waals surface area (Å²) >= 11 is 1.65. The highest BCUT2D eigenvalue weighted by Crippen LogP contribution is 2.24. The number of nitrogens with zero attached hydrogens (tertiary/aromatic N) is 1. The van der Waals surface area contributed by atoms with Crippen molar-refractivity contribution in [1.29, 1.82) is 0 Å². The molecule has 1 heterocycles. The summed E-state index contributed by atoms with van der Waals surface area (Å²) in [7, 11) is 0. The summed E-state index contributed by atoms with van der Waals surface area (Å²) in [5.74, 6) is 0.0911. The molecule has 92 valence electrons. The van der Waals surface area contributed by atoms with Crippen LogP contribution in [0.25, 0.3) is 0 Å². The van der Waals surface area contributed by atoms with Crippen molar-refractivity contribution < 1.29 is 4.79 Å². The minimum atomic E-state index is 0.0911. The molecule has 1 N–H and O–H groups in total. The van der Waals surface area contributed by atoms with E-state index in [0.29, 0.717) is 6.54 Å². The van der Waals surface area contributed by atoms with E-state index in [0.717, 1.165) is 23.7 Å². The normalized spacial score (nSPS) is 16.1. The van der Waals surface area contributed by atoms with Crippen LogP contribution in [0.2, 0.25) is 0 Å². The first-order chi connectivity index (χ1) is 8.29. The lowest BCUT2D eigenvalue weighted by molar-refractivity contribution is -0.117. The van der Waals surface area contributed by atoms with Crippen LogP contribution in [0.4, 0.5) is 5.69 Å². The van der Waals surface area contributed by atoms with Gasteiger partial charge in [-0.2, -0.15) is 0 Å². The van der Waals surface area contributed by atoms with Crippen LogP contribution in [-0.2, 0) is 4.79 Å². The summed E-state index contributed by atoms with van der Waals surface area (Å²) in [6, 6.07) is 7.91. The van der Waals surface area contributed by atoms with E-state index in [-0.39, 0.29) is 5.91 Å². The third-order valence-electron chi connectivity index (χ3n) is 2.95. The zero-order valence-corrected chi connectivity index (χ0v) is 10.9. The Balaban J connectivity index is 1.92. The Bertz CT molecular complexity index is 389. The molecule has 4 heteroatoms. The van der Waals surface area contributed by atoms with Crippen LogP contribution in [-0.4, -0.2) is 36.7 Å². The number of rotatable bonds is 4. The van der Waals surface area contributed by atoms with E-state index >= 15 is 0 Å². The minimum Gasteiger partial charge on any atom is -0.324 e. The highest BCUT2D eigenvalue weighted by Gasteiger charge is 2.15. The molecule has 0 aromatic heterocycles. The number of likely N-dealkylation sites (tertiary alicyclic amines) is 1. The number of hydrogen-bond acceptors (Lipinski definition) is 3. The Morgan fingerprint density at radius 3 is 2.76 bits per heavy atom. The highest BCUT2D eigenvalue weighted by atomic mass is 32.2. The van der Waals surface area contributed by atoms with E-state index in [2.05, 4.69) is 10.2 Å². The van der Waals surface area contributed by atoms with Gasteiger partial charge in [0.05, 0.1) is 12.2 Å². The van der Waals surface area contributed by atoms with Crippen molar-refractivity contribution in [2.24, 2.45) is 0 Å². The van der Waals surface area contributed by atoms with Gasteiger partial charge < -0.3 is 5.32 Å². The van der Waals surface area contributed by atoms with E-state index in [1.807, 2.05) is 30.5 Å². The molecule has 0 bridgehead atoms. The van der Waals surface area contributed by atoms with Crippen LogP contribution in [0.3, 0.4) is 0 Å². The van der Waals surface area contributed by atoms with E-state index in [9.17, 15) is 4.79 Å². The topological polar surface area (TPSA) is 32.3 Å². The highest BCUT2D eigenvalue weighted by molar-refractivity contribution is 7.98. The Hall–Kier alpha value is -1.00. The maximum absolute atomic E-state index is 11.9. The summed E-state index contributed by atoms with van der Waals surface area (Å²) < 4.78 is 0. The number of anilines is 1. The number of benzene rings is 1. The van der Waals surface area contributed by atoms with Gasteiger partial charge in [0.15, 0.2) is 0 Å². The smallest absolute Gasteiger partial charge is 0.238 e. The SMILES string of the molecule is CSc1ccccc1NC(=O)CN1CCCC1. The fourth-order valence-corrected chi connectivity index (χ4v) is 2.64. The molecule has 0 atom stereocenters. The van der Waals surface area contributed by atoms with Crippen LogP contribution < -0.4 is 5.32 Å². The first-order valence-electron chi connectivity index (χ1n) is 5.95. The molecular weight excluding hydrogens is 232 g/mol. The summed E-state index contributed by atoms with van der Waals surface area (Å²) in [5.41, 5.74) is 0.921. The van der Waals surface area contributed by atoms with Crippen molar-refractivity contribution in [1.82, 2.24) is 4.90 Å². The average Bonchev–Trinajstić information content (AvgIpc) is 2.82. The lowest BCUT2D eigenvalue weighted by atomic mass is 10.3. The predicted octanol–water partition coefficient (Wildman–Crippen LogP) is 2.44. The number of amides is 1. The van der Waals surface area contributed by atoms with Gasteiger partial charge in [0, 0.05) is 4.90 Å². The van der Waals surface area contributed by atoms with Crippen molar-refractivity contribution in [3.8, 4) is 0 Å². The van der Waals surface area contributed by atoms with Crippen LogP contribution in [0.15, 0.2) is 29.2 Å². The Morgan fingerprint density at radius 2 is 2.06 bits per heavy atom. The number of nitrogens with one attached hydrogen (secondary N) is 1. The fraction of sp³-hybridized carbons (Fsp3) is 0.462. The third kappa shape index (κ3) is 3.48. The summed E-state index contributed by atoms with van der Waals surface area (Å²) in [6.07, 6.45) is 4.45. The third-order valence-corrected chi connectivity index (χ3v) is 3.74. The van der Waals surface area contributed by atoms with Crippen LogP contribution in [0, 0.1) is 0 Å². The molecule has 0 radical (unpaired) electrons. The van der Waals surface area contributed by atoms with Crippen LogP contribution >= 0.6 is 11.8 Å². The molecule has 3 nitrogen and oxygen atoms in total. The monoisotopic (exact) mass is 250 g/mol. The van der Waals surface area contributed by atoms with Gasteiger partial charge in [-0.05, 0) is 44.3 Å². The second-order valence-electron chi connectivity index (χ2n) is 4.23. The van der Waals surface area contributed by atoms with Gasteiger partial charge in [0.1, 0.15) is 0 Å². The fourth-order valence-electron chi connectivity index (χ4n) is 2.08. The van der Waals surface area contributed by atoms with Crippen molar-refractivity contribution in [3.63, 3.8) is 0 Å². The Labute approximate surface area is 107 Å². The molecule has 1 aliphatic heterocycles. The summed E-state index contributed by atoms with van der Waals surface area (Å²) in [5, 5.41) is 2.99. The van der Waals surface area contributed by atoms with Crippen LogP contribution in [0.1, 0.15) is 12.8 Å². The van der Waals surface area contributed by atoms with E-state index in [4.69, 9.17) is 0 Å². The molecule has 2 rings (SSSR count). The maximum Gasteiger partial charge on any atom is 0.238 e. The average molecular weight is 250 g/mol. The predicted molar refractivity (Wildman–Crippen MR) is 72.5 cm³/mol. The summed E-state index contributed by atoms with van der Waals surface area (Å²) in [4.78, 5) is 15.2. The van der Waals surface area contributed by atoms with E-state index in [1.165, 1.54) is 12.8 Å². The molecule has 1 aromatic carbocycles. The first-order valence-corrected chi connectivity index (χ1v) is 7.17. The molecule has 1 amide bonds. The molecule has 1 aliphatic rings. The minimum absolute atomic E-state index is 0.0911. The summed E-state index contributed by atoms with van der Waals surface area (Å²) in [6.45, 7) is 2.62. The van der Waals surface area contributed by atoms with E-state index < -0.39 is 0 Å². The Morgan fingerprint density at radius 1 is 1.35 bits per heavy atom. The van der Waals surface area contributed by atoms with Gasteiger partial charge in [-0.3, -0.25) is 9.69 Å². The van der Waals surface area contributed by atoms with Gasteiger partial charge in [0.25, 0.3) is 0 Å². The lowest BCUT2D eigenvalue weighted by Crippen LogP contribution is -2.30. The molecule has 1 saturated heterocycles. The molecule has 1 fully saturated rings. The standard InChI is InChI=1S/C13H18N2OS/c1-17-12-7-3-2-6-11(12)14-13(16)10-15-8-4-5-9-15/h2-3,6-7H,4-5,8-10H2,1H3,(H,14,16). The van der Waals surface area contributed by atoms with Crippen molar-refractivity contribution in [2.45, 2.75) is 17.7 Å². The molecule has 1 aromatic rings. The number of para-hydroxylation sites is 1. The Kier molecular flexibility index (Phi) is 4.45. The van der Waals surface area contributed by atoms with Crippen molar-refractivity contribution >= 4 is 23.4 Å². The quantitative estimate of drug-likeness (QED) is 0.833. The van der Waals surface area contributed by atoms with Gasteiger partial charge in [0.2, 0.25) is 5.91 Å². The zero-order valence-electron chi connectivity index (χ0n) is 10.1. The molecule has 0 saturated carbocycles. The molecule has 0 aliphatic carbocycles. The second-order valence-corrected chi connectivity index (χ2v) is 5.08. The van der Waals surface area contributed by atoms with Crippen molar-refractivity contribution in [3.05, 3.63) is 24.3 Å². The number of hydrogen-bond donors (Lipinski definition) is 1. The van der Waals surface area contributed by atoms with E-state index in [1.54, 1.807) is 11.8 Å². The number of carbonyl (C=O) groups excluding carboxylic acids is 1. The molecule has 17 heavy (non-hydrogen) atoms. The number of carbonyl (C=O) groups is 1.